The van der Waals surface area contributed by atoms with Crippen molar-refractivity contribution in [3.63, 3.8) is 0 Å². The van der Waals surface area contributed by atoms with Gasteiger partial charge in [-0.15, -0.1) is 0 Å². The van der Waals surface area contributed by atoms with E-state index in [1.54, 1.807) is 6.92 Å². The van der Waals surface area contributed by atoms with Gasteiger partial charge in [-0.3, -0.25) is 14.9 Å². The molecule has 0 aromatic heterocycles. The quantitative estimate of drug-likeness (QED) is 0.392. The monoisotopic (exact) mass is 203 g/mol. The molecule has 14 heavy (non-hydrogen) atoms. The molecule has 3 amide bonds. The van der Waals surface area contributed by atoms with Gasteiger partial charge in [0.15, 0.2) is 0 Å². The van der Waals surface area contributed by atoms with Crippen LogP contribution in [0.4, 0.5) is 4.79 Å². The Labute approximate surface area is 80.6 Å². The molecule has 1 unspecified atom stereocenters. The number of hydrogen-bond donors (Lipinski definition) is 4. The van der Waals surface area contributed by atoms with Gasteiger partial charge in [0.1, 0.15) is 12.1 Å². The van der Waals surface area contributed by atoms with Crippen molar-refractivity contribution < 1.29 is 19.5 Å². The Morgan fingerprint density at radius 3 is 2.07 bits per heavy atom. The van der Waals surface area contributed by atoms with Crippen LogP contribution < -0.4 is 16.4 Å². The van der Waals surface area contributed by atoms with Crippen LogP contribution in [0.25, 0.3) is 0 Å². The summed E-state index contributed by atoms with van der Waals surface area (Å²) >= 11 is 0. The molecule has 0 spiro atoms. The minimum atomic E-state index is -0.963. The predicted octanol–water partition coefficient (Wildman–Crippen LogP) is -1.37. The third kappa shape index (κ3) is 4.41. The van der Waals surface area contributed by atoms with Crippen molar-refractivity contribution in [3.8, 4) is 0 Å². The van der Waals surface area contributed by atoms with Gasteiger partial charge in [0.2, 0.25) is 5.91 Å². The highest BCUT2D eigenvalue weighted by molar-refractivity contribution is 6.03. The Balaban J connectivity index is 0.000000255. The first-order valence-corrected chi connectivity index (χ1v) is 3.94. The predicted molar refractivity (Wildman–Crippen MR) is 47.4 cm³/mol. The third-order valence-corrected chi connectivity index (χ3v) is 1.37. The molecule has 5 N–H and O–H groups in total. The number of carboxylic acids is 1. The highest BCUT2D eigenvalue weighted by Gasteiger charge is 2.24. The highest BCUT2D eigenvalue weighted by Crippen LogP contribution is 1.88. The smallest absolute Gasteiger partial charge is 0.322 e. The molecule has 7 nitrogen and oxygen atoms in total. The van der Waals surface area contributed by atoms with E-state index in [2.05, 4.69) is 10.6 Å². The minimum Gasteiger partial charge on any atom is -0.480 e. The summed E-state index contributed by atoms with van der Waals surface area (Å²) < 4.78 is 0. The van der Waals surface area contributed by atoms with Gasteiger partial charge in [0, 0.05) is 0 Å². The zero-order chi connectivity index (χ0) is 11.3. The molecule has 1 rings (SSSR count). The van der Waals surface area contributed by atoms with Gasteiger partial charge in [-0.1, -0.05) is 0 Å². The molecular formula is C7H13N3O4. The summed E-state index contributed by atoms with van der Waals surface area (Å²) in [7, 11) is 0. The number of hydrogen-bond acceptors (Lipinski definition) is 4. The number of aliphatic carboxylic acids is 1. The average molecular weight is 203 g/mol. The summed E-state index contributed by atoms with van der Waals surface area (Å²) in [5.74, 6) is -1.22. The lowest BCUT2D eigenvalue weighted by atomic mass is 10.4. The van der Waals surface area contributed by atoms with Crippen LogP contribution in [0.2, 0.25) is 0 Å². The molecule has 0 aromatic rings. The number of carboxylic acid groups (broad SMARTS) is 1. The summed E-state index contributed by atoms with van der Waals surface area (Å²) in [4.78, 5) is 30.2. The van der Waals surface area contributed by atoms with Crippen molar-refractivity contribution in [1.82, 2.24) is 10.6 Å². The van der Waals surface area contributed by atoms with Crippen molar-refractivity contribution in [1.29, 1.82) is 0 Å². The fraction of sp³-hybridized carbons (Fsp3) is 0.571. The van der Waals surface area contributed by atoms with Gasteiger partial charge in [-0.05, 0) is 13.8 Å². The average Bonchev–Trinajstić information content (AvgIpc) is 2.30. The van der Waals surface area contributed by atoms with Gasteiger partial charge < -0.3 is 16.2 Å². The Kier molecular flexibility index (Phi) is 4.57. The van der Waals surface area contributed by atoms with Crippen LogP contribution in [0.5, 0.6) is 0 Å². The largest absolute Gasteiger partial charge is 0.480 e. The van der Waals surface area contributed by atoms with Crippen molar-refractivity contribution in [2.75, 3.05) is 0 Å². The molecule has 80 valence electrons. The molecular weight excluding hydrogens is 190 g/mol. The number of carbonyl (C=O) groups is 3. The maximum atomic E-state index is 10.4. The zero-order valence-electron chi connectivity index (χ0n) is 7.90. The molecule has 0 aliphatic carbocycles. The van der Waals surface area contributed by atoms with Crippen LogP contribution in [0.3, 0.4) is 0 Å². The molecule has 1 aliphatic rings. The number of nitrogens with two attached hydrogens (primary N) is 1. The van der Waals surface area contributed by atoms with E-state index in [4.69, 9.17) is 10.8 Å². The topological polar surface area (TPSA) is 122 Å². The van der Waals surface area contributed by atoms with Crippen molar-refractivity contribution in [2.45, 2.75) is 25.9 Å². The number of rotatable bonds is 1. The van der Waals surface area contributed by atoms with Gasteiger partial charge in [-0.2, -0.15) is 0 Å². The van der Waals surface area contributed by atoms with Crippen molar-refractivity contribution in [2.24, 2.45) is 5.73 Å². The fourth-order valence-corrected chi connectivity index (χ4v) is 0.518. The number of imide groups is 1. The first-order chi connectivity index (χ1) is 6.34. The SMILES string of the molecule is CC1NC(=O)NC1=O.C[C@@H](N)C(=O)O. The van der Waals surface area contributed by atoms with E-state index in [-0.39, 0.29) is 11.9 Å². The van der Waals surface area contributed by atoms with Crippen LogP contribution in [-0.2, 0) is 9.59 Å². The van der Waals surface area contributed by atoms with E-state index in [0.717, 1.165) is 0 Å². The Bertz CT molecular complexity index is 251. The van der Waals surface area contributed by atoms with E-state index in [1.807, 2.05) is 0 Å². The summed E-state index contributed by atoms with van der Waals surface area (Å²) in [5.41, 5.74) is 4.84. The first-order valence-electron chi connectivity index (χ1n) is 3.94. The molecule has 0 radical (unpaired) electrons. The Hall–Kier alpha value is -1.63. The summed E-state index contributed by atoms with van der Waals surface area (Å²) in [5, 5.41) is 12.3. The Morgan fingerprint density at radius 1 is 1.57 bits per heavy atom. The lowest BCUT2D eigenvalue weighted by Gasteiger charge is -1.91. The fourth-order valence-electron chi connectivity index (χ4n) is 0.518. The number of carbonyl (C=O) groups excluding carboxylic acids is 2. The molecule has 1 aliphatic heterocycles. The maximum absolute atomic E-state index is 10.4. The highest BCUT2D eigenvalue weighted by atomic mass is 16.4. The summed E-state index contributed by atoms with van der Waals surface area (Å²) in [6.45, 7) is 3.04. The van der Waals surface area contributed by atoms with Gasteiger partial charge in [0.25, 0.3) is 0 Å². The first kappa shape index (κ1) is 12.4. The summed E-state index contributed by atoms with van der Waals surface area (Å²) in [6.07, 6.45) is 0. The molecule has 1 saturated heterocycles. The summed E-state index contributed by atoms with van der Waals surface area (Å²) in [6, 6.07) is -1.49. The number of nitrogens with one attached hydrogen (secondary N) is 2. The van der Waals surface area contributed by atoms with Crippen LogP contribution >= 0.6 is 0 Å². The number of urea groups is 1. The van der Waals surface area contributed by atoms with E-state index in [1.165, 1.54) is 6.92 Å². The Morgan fingerprint density at radius 2 is 2.00 bits per heavy atom. The molecule has 1 heterocycles. The van der Waals surface area contributed by atoms with E-state index >= 15 is 0 Å². The van der Waals surface area contributed by atoms with Crippen LogP contribution in [0.1, 0.15) is 13.8 Å². The molecule has 2 atom stereocenters. The molecule has 0 aromatic carbocycles. The number of amides is 3. The van der Waals surface area contributed by atoms with Crippen LogP contribution in [-0.4, -0.2) is 35.1 Å². The molecule has 0 bridgehead atoms. The van der Waals surface area contributed by atoms with Crippen LogP contribution in [0, 0.1) is 0 Å². The van der Waals surface area contributed by atoms with E-state index < -0.39 is 18.0 Å². The van der Waals surface area contributed by atoms with Crippen LogP contribution in [0.15, 0.2) is 0 Å². The second kappa shape index (κ2) is 5.18. The second-order valence-corrected chi connectivity index (χ2v) is 2.81. The standard InChI is InChI=1S/C4H6N2O2.C3H7NO2/c1-2-3(7)6-4(8)5-2;1-2(4)3(5)6/h2H,1H3,(H2,5,6,7,8);2H,4H2,1H3,(H,5,6)/t;2-/m.1/s1. The van der Waals surface area contributed by atoms with Crippen molar-refractivity contribution >= 4 is 17.9 Å². The third-order valence-electron chi connectivity index (χ3n) is 1.37. The van der Waals surface area contributed by atoms with Crippen molar-refractivity contribution in [3.05, 3.63) is 0 Å². The maximum Gasteiger partial charge on any atom is 0.322 e. The van der Waals surface area contributed by atoms with E-state index in [9.17, 15) is 14.4 Å². The van der Waals surface area contributed by atoms with Gasteiger partial charge in [-0.25, -0.2) is 4.79 Å². The van der Waals surface area contributed by atoms with E-state index in [0.29, 0.717) is 0 Å². The molecule has 0 saturated carbocycles. The van der Waals surface area contributed by atoms with Gasteiger partial charge >= 0.3 is 12.0 Å². The van der Waals surface area contributed by atoms with Gasteiger partial charge in [0.05, 0.1) is 0 Å². The molecule has 1 fully saturated rings. The zero-order valence-corrected chi connectivity index (χ0v) is 7.90. The lowest BCUT2D eigenvalue weighted by Crippen LogP contribution is -2.25. The minimum absolute atomic E-state index is 0.255. The second-order valence-electron chi connectivity index (χ2n) is 2.81. The molecule has 7 heteroatoms. The normalized spacial score (nSPS) is 21.5. The lowest BCUT2D eigenvalue weighted by molar-refractivity contribution is -0.138.